The molecule has 2 aromatic rings. The van der Waals surface area contributed by atoms with E-state index in [-0.39, 0.29) is 0 Å². The van der Waals surface area contributed by atoms with Gasteiger partial charge in [0.25, 0.3) is 0 Å². The first-order valence-corrected chi connectivity index (χ1v) is 13.5. The lowest BCUT2D eigenvalue weighted by Crippen LogP contribution is -2.10. The normalized spacial score (nSPS) is 18.6. The molecule has 1 saturated carbocycles. The third kappa shape index (κ3) is 6.35. The standard InChI is InChI=1S/C35H44/c1-23(2)26(5)28-12-16-30(17-13-28)34-11-9-10-33(34)25(4)18-24(3)31-19-27(22-35(6,7)8)20-32(21-31)29-14-15-29/h9-13,16-17,19-21,23,25,29,34H,3,5,14-15,18,22H2,1-2,4,6-8H3/t25-,34?/m1/s1. The Morgan fingerprint density at radius 2 is 1.60 bits per heavy atom. The smallest absolute Gasteiger partial charge is 0.0237 e. The topological polar surface area (TPSA) is 0 Å². The molecular formula is C35H44. The second-order valence-electron chi connectivity index (χ2n) is 12.5. The van der Waals surface area contributed by atoms with Crippen LogP contribution in [0.4, 0.5) is 0 Å². The summed E-state index contributed by atoms with van der Waals surface area (Å²) in [6.45, 7) is 22.6. The largest absolute Gasteiger partial charge is 0.0952 e. The highest BCUT2D eigenvalue weighted by Crippen LogP contribution is 2.43. The molecule has 0 amide bonds. The highest BCUT2D eigenvalue weighted by molar-refractivity contribution is 5.67. The quantitative estimate of drug-likeness (QED) is 0.346. The minimum absolute atomic E-state index is 0.290. The van der Waals surface area contributed by atoms with Crippen LogP contribution in [0.1, 0.15) is 100 Å². The average molecular weight is 465 g/mol. The molecule has 2 aliphatic rings. The van der Waals surface area contributed by atoms with Gasteiger partial charge < -0.3 is 0 Å². The molecular weight excluding hydrogens is 420 g/mol. The summed E-state index contributed by atoms with van der Waals surface area (Å²) in [4.78, 5) is 0. The molecule has 184 valence electrons. The molecule has 0 spiro atoms. The van der Waals surface area contributed by atoms with Gasteiger partial charge in [0.1, 0.15) is 0 Å². The Balaban J connectivity index is 1.49. The Hall–Kier alpha value is -2.60. The second-order valence-corrected chi connectivity index (χ2v) is 12.5. The van der Waals surface area contributed by atoms with E-state index in [2.05, 4.69) is 115 Å². The highest BCUT2D eigenvalue weighted by Gasteiger charge is 2.26. The Labute approximate surface area is 214 Å². The lowest BCUT2D eigenvalue weighted by Gasteiger charge is -2.23. The van der Waals surface area contributed by atoms with Crippen LogP contribution in [-0.4, -0.2) is 0 Å². The van der Waals surface area contributed by atoms with Gasteiger partial charge in [0, 0.05) is 5.92 Å². The van der Waals surface area contributed by atoms with E-state index < -0.39 is 0 Å². The summed E-state index contributed by atoms with van der Waals surface area (Å²) >= 11 is 0. The zero-order valence-electron chi connectivity index (χ0n) is 22.8. The third-order valence-electron chi connectivity index (χ3n) is 7.62. The maximum Gasteiger partial charge on any atom is 0.0237 e. The molecule has 2 aliphatic carbocycles. The van der Waals surface area contributed by atoms with E-state index in [1.54, 1.807) is 0 Å². The zero-order valence-corrected chi connectivity index (χ0v) is 22.8. The van der Waals surface area contributed by atoms with E-state index in [0.29, 0.717) is 23.2 Å². The van der Waals surface area contributed by atoms with Crippen molar-refractivity contribution >= 4 is 11.1 Å². The van der Waals surface area contributed by atoms with Gasteiger partial charge in [-0.1, -0.05) is 121 Å². The molecule has 2 atom stereocenters. The van der Waals surface area contributed by atoms with Crippen LogP contribution >= 0.6 is 0 Å². The fourth-order valence-corrected chi connectivity index (χ4v) is 5.40. The van der Waals surface area contributed by atoms with Crippen molar-refractivity contribution in [3.8, 4) is 0 Å². The first kappa shape index (κ1) is 25.5. The van der Waals surface area contributed by atoms with Crippen LogP contribution in [0.15, 0.2) is 79.4 Å². The van der Waals surface area contributed by atoms with Crippen molar-refractivity contribution in [1.82, 2.24) is 0 Å². The van der Waals surface area contributed by atoms with E-state index in [9.17, 15) is 0 Å². The lowest BCUT2D eigenvalue weighted by atomic mass is 9.81. The third-order valence-corrected chi connectivity index (χ3v) is 7.62. The molecule has 0 nitrogen and oxygen atoms in total. The van der Waals surface area contributed by atoms with Gasteiger partial charge in [-0.3, -0.25) is 0 Å². The van der Waals surface area contributed by atoms with Gasteiger partial charge in [-0.2, -0.15) is 0 Å². The van der Waals surface area contributed by atoms with E-state index in [1.165, 1.54) is 57.4 Å². The highest BCUT2D eigenvalue weighted by atomic mass is 14.3. The van der Waals surface area contributed by atoms with Crippen molar-refractivity contribution in [2.45, 2.75) is 79.1 Å². The summed E-state index contributed by atoms with van der Waals surface area (Å²) in [7, 11) is 0. The van der Waals surface area contributed by atoms with Crippen LogP contribution in [0.5, 0.6) is 0 Å². The first-order valence-electron chi connectivity index (χ1n) is 13.5. The number of hydrogen-bond donors (Lipinski definition) is 0. The van der Waals surface area contributed by atoms with E-state index in [4.69, 9.17) is 0 Å². The van der Waals surface area contributed by atoms with Gasteiger partial charge in [-0.05, 0) is 87.8 Å². The first-order chi connectivity index (χ1) is 16.5. The van der Waals surface area contributed by atoms with Crippen LogP contribution < -0.4 is 0 Å². The van der Waals surface area contributed by atoms with Gasteiger partial charge in [0.05, 0.1) is 0 Å². The fraction of sp³-hybridized carbons (Fsp3) is 0.429. The Morgan fingerprint density at radius 3 is 2.20 bits per heavy atom. The number of allylic oxidation sites excluding steroid dienone is 6. The lowest BCUT2D eigenvalue weighted by molar-refractivity contribution is 0.411. The van der Waals surface area contributed by atoms with Crippen LogP contribution in [0.25, 0.3) is 11.1 Å². The van der Waals surface area contributed by atoms with Crippen molar-refractivity contribution < 1.29 is 0 Å². The Morgan fingerprint density at radius 1 is 0.914 bits per heavy atom. The summed E-state index contributed by atoms with van der Waals surface area (Å²) < 4.78 is 0. The van der Waals surface area contributed by atoms with Gasteiger partial charge >= 0.3 is 0 Å². The summed E-state index contributed by atoms with van der Waals surface area (Å²) in [5.74, 6) is 2.03. The molecule has 4 rings (SSSR count). The number of rotatable bonds is 9. The second kappa shape index (κ2) is 10.2. The summed E-state index contributed by atoms with van der Waals surface area (Å²) in [5, 5.41) is 0. The van der Waals surface area contributed by atoms with Crippen molar-refractivity contribution in [2.75, 3.05) is 0 Å². The van der Waals surface area contributed by atoms with Gasteiger partial charge in [0.15, 0.2) is 0 Å². The predicted molar refractivity (Wildman–Crippen MR) is 155 cm³/mol. The van der Waals surface area contributed by atoms with Crippen molar-refractivity contribution in [1.29, 1.82) is 0 Å². The molecule has 0 bridgehead atoms. The van der Waals surface area contributed by atoms with Crippen LogP contribution in [0.3, 0.4) is 0 Å². The van der Waals surface area contributed by atoms with Crippen LogP contribution in [-0.2, 0) is 6.42 Å². The summed E-state index contributed by atoms with van der Waals surface area (Å²) in [5.41, 5.74) is 11.2. The maximum atomic E-state index is 4.58. The number of hydrogen-bond acceptors (Lipinski definition) is 0. The average Bonchev–Trinajstić information content (AvgIpc) is 3.53. The Bertz CT molecular complexity index is 1140. The van der Waals surface area contributed by atoms with Gasteiger partial charge in [-0.25, -0.2) is 0 Å². The molecule has 0 N–H and O–H groups in total. The molecule has 0 saturated heterocycles. The fourth-order valence-electron chi connectivity index (χ4n) is 5.40. The molecule has 0 heterocycles. The molecule has 0 heteroatoms. The van der Waals surface area contributed by atoms with Crippen LogP contribution in [0.2, 0.25) is 0 Å². The SMILES string of the molecule is C=C(C[C@@H](C)C1=CC=CC1c1ccc(C(=C)C(C)C)cc1)c1cc(CC(C)(C)C)cc(C2CC2)c1. The maximum absolute atomic E-state index is 4.58. The Kier molecular flexibility index (Phi) is 7.41. The van der Waals surface area contributed by atoms with Crippen molar-refractivity contribution in [3.05, 3.63) is 107 Å². The minimum Gasteiger partial charge on any atom is -0.0952 e. The molecule has 35 heavy (non-hydrogen) atoms. The van der Waals surface area contributed by atoms with Crippen LogP contribution in [0, 0.1) is 17.3 Å². The molecule has 0 radical (unpaired) electrons. The molecule has 1 unspecified atom stereocenters. The monoisotopic (exact) mass is 464 g/mol. The van der Waals surface area contributed by atoms with E-state index >= 15 is 0 Å². The van der Waals surface area contributed by atoms with Gasteiger partial charge in [0.2, 0.25) is 0 Å². The van der Waals surface area contributed by atoms with E-state index in [0.717, 1.165) is 18.8 Å². The minimum atomic E-state index is 0.290. The molecule has 1 fully saturated rings. The zero-order chi connectivity index (χ0) is 25.3. The van der Waals surface area contributed by atoms with Gasteiger partial charge in [-0.15, -0.1) is 0 Å². The number of benzene rings is 2. The predicted octanol–water partition coefficient (Wildman–Crippen LogP) is 10.1. The molecule has 0 aliphatic heterocycles. The summed E-state index contributed by atoms with van der Waals surface area (Å²) in [6.07, 6.45) is 11.7. The molecule has 0 aromatic heterocycles. The van der Waals surface area contributed by atoms with Crippen molar-refractivity contribution in [2.24, 2.45) is 17.3 Å². The summed E-state index contributed by atoms with van der Waals surface area (Å²) in [6, 6.07) is 16.4. The molecule has 2 aromatic carbocycles. The van der Waals surface area contributed by atoms with E-state index in [1.807, 2.05) is 0 Å². The van der Waals surface area contributed by atoms with Crippen molar-refractivity contribution in [3.63, 3.8) is 0 Å².